The lowest BCUT2D eigenvalue weighted by atomic mass is 10.2. The van der Waals surface area contributed by atoms with E-state index in [1.807, 2.05) is 13.8 Å². The molecule has 8 heteroatoms. The highest BCUT2D eigenvalue weighted by Crippen LogP contribution is 2.12. The number of benzene rings is 1. The van der Waals surface area contributed by atoms with Crippen LogP contribution in [0.1, 0.15) is 25.8 Å². The summed E-state index contributed by atoms with van der Waals surface area (Å²) in [6, 6.07) is 6.44. The molecule has 2 unspecified atom stereocenters. The number of rotatable bonds is 6. The molecule has 2 atom stereocenters. The molecule has 0 aliphatic rings. The van der Waals surface area contributed by atoms with Crippen molar-refractivity contribution < 1.29 is 13.2 Å². The molecule has 0 saturated heterocycles. The summed E-state index contributed by atoms with van der Waals surface area (Å²) in [4.78, 5) is 4.16. The van der Waals surface area contributed by atoms with Crippen molar-refractivity contribution >= 4 is 27.4 Å². The maximum atomic E-state index is 12.4. The summed E-state index contributed by atoms with van der Waals surface area (Å²) in [5, 5.41) is 0.286. The van der Waals surface area contributed by atoms with Crippen molar-refractivity contribution in [1.82, 2.24) is 14.3 Å². The first-order valence-corrected chi connectivity index (χ1v) is 9.45. The molecule has 0 saturated carbocycles. The van der Waals surface area contributed by atoms with E-state index in [0.717, 1.165) is 5.56 Å². The van der Waals surface area contributed by atoms with E-state index in [-0.39, 0.29) is 22.2 Å². The van der Waals surface area contributed by atoms with Crippen LogP contribution in [0.5, 0.6) is 0 Å². The zero-order valence-corrected chi connectivity index (χ0v) is 15.5. The lowest BCUT2D eigenvalue weighted by molar-refractivity contribution is 0.185. The lowest BCUT2D eigenvalue weighted by Crippen LogP contribution is -2.35. The van der Waals surface area contributed by atoms with Gasteiger partial charge in [0.25, 0.3) is 5.17 Å². The number of aryl methyl sites for hydroxylation is 1. The second-order valence-electron chi connectivity index (χ2n) is 5.74. The third kappa shape index (κ3) is 5.12. The summed E-state index contributed by atoms with van der Waals surface area (Å²) in [6.07, 6.45) is 5.10. The minimum absolute atomic E-state index is 0.240. The van der Waals surface area contributed by atoms with Crippen LogP contribution in [0.15, 0.2) is 47.9 Å². The molecule has 2 rings (SSSR count). The van der Waals surface area contributed by atoms with Gasteiger partial charge in [0.15, 0.2) is 0 Å². The van der Waals surface area contributed by atoms with Gasteiger partial charge in [-0.25, -0.2) is 18.1 Å². The van der Waals surface area contributed by atoms with Gasteiger partial charge in [-0.3, -0.25) is 4.57 Å². The average molecular weight is 367 g/mol. The van der Waals surface area contributed by atoms with Gasteiger partial charge in [-0.15, -0.1) is 0 Å². The van der Waals surface area contributed by atoms with Crippen LogP contribution >= 0.6 is 12.2 Å². The van der Waals surface area contributed by atoms with Crippen molar-refractivity contribution in [1.29, 1.82) is 0 Å². The number of thiocarbonyl (C=S) groups is 1. The van der Waals surface area contributed by atoms with Gasteiger partial charge in [-0.2, -0.15) is 0 Å². The van der Waals surface area contributed by atoms with E-state index in [0.29, 0.717) is 6.42 Å². The molecule has 1 aromatic carbocycles. The van der Waals surface area contributed by atoms with Gasteiger partial charge >= 0.3 is 0 Å². The smallest absolute Gasteiger partial charge is 0.269 e. The highest BCUT2D eigenvalue weighted by molar-refractivity contribution is 7.89. The third-order valence-electron chi connectivity index (χ3n) is 3.39. The number of nitrogens with one attached hydrogen (secondary N) is 1. The molecule has 0 radical (unpaired) electrons. The summed E-state index contributed by atoms with van der Waals surface area (Å²) in [5.41, 5.74) is 1.01. The van der Waals surface area contributed by atoms with Gasteiger partial charge in [-0.05, 0) is 45.1 Å². The van der Waals surface area contributed by atoms with Gasteiger partial charge in [0.2, 0.25) is 10.0 Å². The molecule has 130 valence electrons. The van der Waals surface area contributed by atoms with Crippen molar-refractivity contribution in [3.63, 3.8) is 0 Å². The first kappa shape index (κ1) is 18.6. The molecule has 0 amide bonds. The monoisotopic (exact) mass is 367 g/mol. The Labute approximate surface area is 147 Å². The Hall–Kier alpha value is -1.77. The fourth-order valence-corrected chi connectivity index (χ4v) is 3.77. The van der Waals surface area contributed by atoms with E-state index in [2.05, 4.69) is 9.71 Å². The van der Waals surface area contributed by atoms with E-state index in [9.17, 15) is 8.42 Å². The molecular formula is C16H21N3O3S2. The number of hydrogen-bond acceptors (Lipinski definition) is 5. The highest BCUT2D eigenvalue weighted by Gasteiger charge is 2.19. The van der Waals surface area contributed by atoms with E-state index in [1.165, 1.54) is 0 Å². The van der Waals surface area contributed by atoms with Crippen LogP contribution in [-0.4, -0.2) is 35.3 Å². The number of ether oxygens (including phenoxy) is 1. The van der Waals surface area contributed by atoms with Crippen molar-refractivity contribution in [3.8, 4) is 0 Å². The molecule has 24 heavy (non-hydrogen) atoms. The first-order chi connectivity index (χ1) is 11.3. The Morgan fingerprint density at radius 1 is 1.33 bits per heavy atom. The Balaban J connectivity index is 1.91. The average Bonchev–Trinajstić information content (AvgIpc) is 3.00. The van der Waals surface area contributed by atoms with Crippen molar-refractivity contribution in [3.05, 3.63) is 48.5 Å². The Morgan fingerprint density at radius 3 is 2.58 bits per heavy atom. The van der Waals surface area contributed by atoms with E-state index in [1.54, 1.807) is 54.5 Å². The van der Waals surface area contributed by atoms with Crippen LogP contribution in [0.4, 0.5) is 0 Å². The van der Waals surface area contributed by atoms with Crippen LogP contribution in [-0.2, 0) is 14.8 Å². The molecule has 1 N–H and O–H groups in total. The molecule has 0 aliphatic heterocycles. The maximum Gasteiger partial charge on any atom is 0.269 e. The normalized spacial score (nSPS) is 14.1. The molecule has 0 fully saturated rings. The molecule has 0 bridgehead atoms. The molecular weight excluding hydrogens is 346 g/mol. The third-order valence-corrected chi connectivity index (χ3v) is 5.30. The topological polar surface area (TPSA) is 73.2 Å². The van der Waals surface area contributed by atoms with E-state index < -0.39 is 10.0 Å². The van der Waals surface area contributed by atoms with Crippen LogP contribution in [0.2, 0.25) is 0 Å². The van der Waals surface area contributed by atoms with Crippen LogP contribution in [0, 0.1) is 6.92 Å². The Morgan fingerprint density at radius 2 is 2.00 bits per heavy atom. The van der Waals surface area contributed by atoms with Crippen molar-refractivity contribution in [2.24, 2.45) is 0 Å². The number of hydrogen-bond donors (Lipinski definition) is 1. The molecule has 0 aliphatic carbocycles. The van der Waals surface area contributed by atoms with E-state index >= 15 is 0 Å². The summed E-state index contributed by atoms with van der Waals surface area (Å²) in [6.45, 7) is 5.56. The zero-order valence-electron chi connectivity index (χ0n) is 13.8. The summed E-state index contributed by atoms with van der Waals surface area (Å²) >= 11 is 5.16. The summed E-state index contributed by atoms with van der Waals surface area (Å²) in [5.74, 6) is 0. The fraction of sp³-hybridized carbons (Fsp3) is 0.375. The van der Waals surface area contributed by atoms with Gasteiger partial charge in [0.05, 0.1) is 11.0 Å². The van der Waals surface area contributed by atoms with Gasteiger partial charge in [-0.1, -0.05) is 17.7 Å². The quantitative estimate of drug-likeness (QED) is 0.794. The molecule has 0 spiro atoms. The molecule has 1 aromatic heterocycles. The van der Waals surface area contributed by atoms with Crippen LogP contribution < -0.4 is 4.72 Å². The van der Waals surface area contributed by atoms with Gasteiger partial charge < -0.3 is 4.74 Å². The zero-order chi connectivity index (χ0) is 17.7. The summed E-state index contributed by atoms with van der Waals surface area (Å²) in [7, 11) is -3.55. The first-order valence-electron chi connectivity index (χ1n) is 7.56. The number of imidazole rings is 1. The van der Waals surface area contributed by atoms with E-state index in [4.69, 9.17) is 17.0 Å². The number of aromatic nitrogens is 2. The van der Waals surface area contributed by atoms with Gasteiger partial charge in [0, 0.05) is 24.9 Å². The predicted molar refractivity (Wildman–Crippen MR) is 96.3 cm³/mol. The fourth-order valence-electron chi connectivity index (χ4n) is 2.24. The largest absolute Gasteiger partial charge is 0.467 e. The minimum Gasteiger partial charge on any atom is -0.467 e. The summed E-state index contributed by atoms with van der Waals surface area (Å²) < 4.78 is 34.6. The Kier molecular flexibility index (Phi) is 6.09. The second-order valence-corrected chi connectivity index (χ2v) is 7.80. The number of sulfonamides is 1. The molecule has 1 heterocycles. The second kappa shape index (κ2) is 7.87. The predicted octanol–water partition coefficient (Wildman–Crippen LogP) is 2.49. The maximum absolute atomic E-state index is 12.4. The molecule has 6 nitrogen and oxygen atoms in total. The van der Waals surface area contributed by atoms with Crippen molar-refractivity contribution in [2.45, 2.75) is 44.2 Å². The number of nitrogens with zero attached hydrogens (tertiary/aromatic N) is 2. The lowest BCUT2D eigenvalue weighted by Gasteiger charge is -2.20. The standard InChI is InChI=1S/C16H21N3O3S2/c1-12-4-6-15(7-5-12)24(20,21)18-13(2)10-14(3)22-16(23)19-9-8-17-11-19/h4-9,11,13-14,18H,10H2,1-3H3. The minimum atomic E-state index is -3.55. The van der Waals surface area contributed by atoms with Gasteiger partial charge in [0.1, 0.15) is 6.33 Å². The molecule has 2 aromatic rings. The SMILES string of the molecule is Cc1ccc(S(=O)(=O)NC(C)CC(C)OC(=S)n2ccnc2)cc1. The van der Waals surface area contributed by atoms with Crippen LogP contribution in [0.3, 0.4) is 0 Å². The van der Waals surface area contributed by atoms with Crippen molar-refractivity contribution in [2.75, 3.05) is 0 Å². The Bertz CT molecular complexity index is 771. The highest BCUT2D eigenvalue weighted by atomic mass is 32.2. The van der Waals surface area contributed by atoms with Crippen LogP contribution in [0.25, 0.3) is 0 Å².